The van der Waals surface area contributed by atoms with Gasteiger partial charge in [-0.3, -0.25) is 9.69 Å². The van der Waals surface area contributed by atoms with Gasteiger partial charge in [-0.25, -0.2) is 0 Å². The van der Waals surface area contributed by atoms with Crippen molar-refractivity contribution in [2.75, 3.05) is 24.2 Å². The third kappa shape index (κ3) is 5.74. The van der Waals surface area contributed by atoms with Crippen LogP contribution in [0.25, 0.3) is 0 Å². The predicted octanol–water partition coefficient (Wildman–Crippen LogP) is 4.27. The molecular formula is C24H29N5OS. The molecule has 1 N–H and O–H groups in total. The molecule has 4 rings (SSSR count). The molecule has 1 fully saturated rings. The van der Waals surface area contributed by atoms with E-state index in [1.165, 1.54) is 35.7 Å². The molecule has 0 unspecified atom stereocenters. The Morgan fingerprint density at radius 2 is 1.81 bits per heavy atom. The number of likely N-dealkylation sites (tertiary alicyclic amines) is 1. The lowest BCUT2D eigenvalue weighted by molar-refractivity contribution is -0.113. The van der Waals surface area contributed by atoms with E-state index in [4.69, 9.17) is 0 Å². The number of hydrogen-bond acceptors (Lipinski definition) is 5. The van der Waals surface area contributed by atoms with Gasteiger partial charge in [-0.2, -0.15) is 0 Å². The summed E-state index contributed by atoms with van der Waals surface area (Å²) in [7, 11) is 0. The van der Waals surface area contributed by atoms with E-state index < -0.39 is 0 Å². The fourth-order valence-corrected chi connectivity index (χ4v) is 4.64. The highest BCUT2D eigenvalue weighted by Gasteiger charge is 2.19. The second-order valence-electron chi connectivity index (χ2n) is 8.11. The number of aryl methyl sites for hydroxylation is 2. The summed E-state index contributed by atoms with van der Waals surface area (Å²) in [6.07, 6.45) is 2.49. The summed E-state index contributed by atoms with van der Waals surface area (Å²) in [5.41, 5.74) is 4.31. The van der Waals surface area contributed by atoms with Gasteiger partial charge >= 0.3 is 0 Å². The molecule has 1 saturated heterocycles. The molecule has 1 aliphatic heterocycles. The molecule has 3 aromatic rings. The molecule has 31 heavy (non-hydrogen) atoms. The minimum atomic E-state index is -0.0349. The van der Waals surface area contributed by atoms with Crippen molar-refractivity contribution >= 4 is 23.4 Å². The standard InChI is InChI=1S/C24H29N5OS/c1-18-10-11-21(19(2)14-18)25-23(30)17-31-24-27-26-22(16-28-12-6-7-13-28)29(24)15-20-8-4-3-5-9-20/h3-5,8-11,14H,6-7,12-13,15-17H2,1-2H3,(H,25,30). The molecule has 0 radical (unpaired) electrons. The van der Waals surface area contributed by atoms with E-state index in [0.717, 1.165) is 41.9 Å². The Morgan fingerprint density at radius 1 is 1.03 bits per heavy atom. The molecule has 2 heterocycles. The number of anilines is 1. The van der Waals surface area contributed by atoms with Gasteiger partial charge in [-0.1, -0.05) is 59.8 Å². The molecule has 162 valence electrons. The maximum absolute atomic E-state index is 12.6. The van der Waals surface area contributed by atoms with Crippen molar-refractivity contribution in [3.05, 3.63) is 71.0 Å². The highest BCUT2D eigenvalue weighted by Crippen LogP contribution is 2.22. The average Bonchev–Trinajstić information content (AvgIpc) is 3.40. The van der Waals surface area contributed by atoms with Crippen LogP contribution >= 0.6 is 11.8 Å². The summed E-state index contributed by atoms with van der Waals surface area (Å²) >= 11 is 1.44. The van der Waals surface area contributed by atoms with Crippen LogP contribution in [0.3, 0.4) is 0 Å². The average molecular weight is 436 g/mol. The van der Waals surface area contributed by atoms with Gasteiger partial charge in [-0.15, -0.1) is 10.2 Å². The Kier molecular flexibility index (Phi) is 7.04. The van der Waals surface area contributed by atoms with Crippen molar-refractivity contribution in [3.63, 3.8) is 0 Å². The van der Waals surface area contributed by atoms with Gasteiger partial charge in [0.2, 0.25) is 5.91 Å². The van der Waals surface area contributed by atoms with Crippen molar-refractivity contribution in [2.45, 2.75) is 44.9 Å². The maximum Gasteiger partial charge on any atom is 0.234 e. The summed E-state index contributed by atoms with van der Waals surface area (Å²) in [4.78, 5) is 15.0. The Labute approximate surface area is 188 Å². The van der Waals surface area contributed by atoms with Crippen molar-refractivity contribution in [1.29, 1.82) is 0 Å². The number of carbonyl (C=O) groups is 1. The van der Waals surface area contributed by atoms with E-state index >= 15 is 0 Å². The number of carbonyl (C=O) groups excluding carboxylic acids is 1. The first-order valence-electron chi connectivity index (χ1n) is 10.8. The fraction of sp³-hybridized carbons (Fsp3) is 0.375. The third-order valence-corrected chi connectivity index (χ3v) is 6.50. The zero-order chi connectivity index (χ0) is 21.6. The Bertz CT molecular complexity index is 1030. The molecule has 1 amide bonds. The highest BCUT2D eigenvalue weighted by molar-refractivity contribution is 7.99. The van der Waals surface area contributed by atoms with E-state index in [0.29, 0.717) is 12.3 Å². The molecule has 0 aliphatic carbocycles. The van der Waals surface area contributed by atoms with Crippen LogP contribution in [-0.2, 0) is 17.9 Å². The van der Waals surface area contributed by atoms with Crippen molar-refractivity contribution < 1.29 is 4.79 Å². The first kappa shape index (κ1) is 21.6. The van der Waals surface area contributed by atoms with Crippen LogP contribution in [0.5, 0.6) is 0 Å². The minimum absolute atomic E-state index is 0.0349. The van der Waals surface area contributed by atoms with Crippen LogP contribution in [0.1, 0.15) is 35.4 Å². The molecule has 7 heteroatoms. The number of amides is 1. The van der Waals surface area contributed by atoms with E-state index in [-0.39, 0.29) is 5.91 Å². The van der Waals surface area contributed by atoms with Gasteiger partial charge in [0.1, 0.15) is 5.82 Å². The van der Waals surface area contributed by atoms with Gasteiger partial charge in [0.25, 0.3) is 0 Å². The van der Waals surface area contributed by atoms with Crippen LogP contribution in [0, 0.1) is 13.8 Å². The molecule has 6 nitrogen and oxygen atoms in total. The Morgan fingerprint density at radius 3 is 2.55 bits per heavy atom. The van der Waals surface area contributed by atoms with Gasteiger partial charge in [0, 0.05) is 5.69 Å². The van der Waals surface area contributed by atoms with Gasteiger partial charge in [-0.05, 0) is 57.0 Å². The Hall–Kier alpha value is -2.64. The number of hydrogen-bond donors (Lipinski definition) is 1. The number of nitrogens with zero attached hydrogens (tertiary/aromatic N) is 4. The summed E-state index contributed by atoms with van der Waals surface area (Å²) in [6.45, 7) is 7.79. The van der Waals surface area contributed by atoms with Crippen molar-refractivity contribution in [3.8, 4) is 0 Å². The first-order chi connectivity index (χ1) is 15.1. The second-order valence-corrected chi connectivity index (χ2v) is 9.05. The highest BCUT2D eigenvalue weighted by atomic mass is 32.2. The summed E-state index contributed by atoms with van der Waals surface area (Å²) < 4.78 is 2.16. The van der Waals surface area contributed by atoms with Crippen LogP contribution in [-0.4, -0.2) is 44.4 Å². The van der Waals surface area contributed by atoms with Gasteiger partial charge < -0.3 is 9.88 Å². The molecule has 0 spiro atoms. The SMILES string of the molecule is Cc1ccc(NC(=O)CSc2nnc(CN3CCCC3)n2Cc2ccccc2)c(C)c1. The quantitative estimate of drug-likeness (QED) is 0.536. The smallest absolute Gasteiger partial charge is 0.234 e. The van der Waals surface area contributed by atoms with Gasteiger partial charge in [0.05, 0.1) is 18.8 Å². The molecule has 0 atom stereocenters. The van der Waals surface area contributed by atoms with E-state index in [9.17, 15) is 4.79 Å². The van der Waals surface area contributed by atoms with E-state index in [1.54, 1.807) is 0 Å². The number of benzene rings is 2. The zero-order valence-corrected chi connectivity index (χ0v) is 19.0. The first-order valence-corrected chi connectivity index (χ1v) is 11.8. The second kappa shape index (κ2) is 10.1. The number of nitrogens with one attached hydrogen (secondary N) is 1. The van der Waals surface area contributed by atoms with Crippen molar-refractivity contribution in [1.82, 2.24) is 19.7 Å². The lowest BCUT2D eigenvalue weighted by Gasteiger charge is -2.16. The summed E-state index contributed by atoms with van der Waals surface area (Å²) in [5, 5.41) is 12.7. The number of aromatic nitrogens is 3. The Balaban J connectivity index is 1.46. The van der Waals surface area contributed by atoms with Crippen LogP contribution < -0.4 is 5.32 Å². The monoisotopic (exact) mass is 435 g/mol. The number of rotatable bonds is 8. The van der Waals surface area contributed by atoms with Crippen LogP contribution in [0.4, 0.5) is 5.69 Å². The molecule has 1 aliphatic rings. The largest absolute Gasteiger partial charge is 0.325 e. The summed E-state index contributed by atoms with van der Waals surface area (Å²) in [6, 6.07) is 16.4. The molecular weight excluding hydrogens is 406 g/mol. The van der Waals surface area contributed by atoms with Crippen LogP contribution in [0.15, 0.2) is 53.7 Å². The minimum Gasteiger partial charge on any atom is -0.325 e. The predicted molar refractivity (Wildman–Crippen MR) is 125 cm³/mol. The van der Waals surface area contributed by atoms with E-state index in [2.05, 4.69) is 43.2 Å². The third-order valence-electron chi connectivity index (χ3n) is 5.53. The van der Waals surface area contributed by atoms with Crippen LogP contribution in [0.2, 0.25) is 0 Å². The zero-order valence-electron chi connectivity index (χ0n) is 18.2. The molecule has 2 aromatic carbocycles. The molecule has 1 aromatic heterocycles. The molecule has 0 bridgehead atoms. The van der Waals surface area contributed by atoms with Crippen molar-refractivity contribution in [2.24, 2.45) is 0 Å². The number of thioether (sulfide) groups is 1. The van der Waals surface area contributed by atoms with E-state index in [1.807, 2.05) is 44.2 Å². The molecule has 0 saturated carbocycles. The topological polar surface area (TPSA) is 63.1 Å². The lowest BCUT2D eigenvalue weighted by atomic mass is 10.1. The summed E-state index contributed by atoms with van der Waals surface area (Å²) in [5.74, 6) is 1.22. The lowest BCUT2D eigenvalue weighted by Crippen LogP contribution is -2.22. The maximum atomic E-state index is 12.6. The fourth-order valence-electron chi connectivity index (χ4n) is 3.88. The van der Waals surface area contributed by atoms with Gasteiger partial charge in [0.15, 0.2) is 5.16 Å². The normalized spacial score (nSPS) is 14.1.